The Bertz CT molecular complexity index is 683. The fourth-order valence-corrected chi connectivity index (χ4v) is 2.38. The molecule has 2 aromatic rings. The smallest absolute Gasteiger partial charge is 0.224 e. The number of carbonyl (C=O) groups is 2. The molecule has 0 atom stereocenters. The molecule has 120 valence electrons. The first-order valence-electron chi connectivity index (χ1n) is 7.40. The number of hydrogen-bond acceptors (Lipinski definition) is 3. The molecule has 4 nitrogen and oxygen atoms in total. The fraction of sp³-hybridized carbons (Fsp3) is 0.222. The minimum Gasteiger partial charge on any atom is -0.484 e. The number of nitrogens with one attached hydrogen (secondary N) is 1. The molecule has 0 aliphatic rings. The molecule has 23 heavy (non-hydrogen) atoms. The Morgan fingerprint density at radius 1 is 1.09 bits per heavy atom. The first-order valence-corrected chi connectivity index (χ1v) is 8.20. The van der Waals surface area contributed by atoms with Gasteiger partial charge in [0.1, 0.15) is 5.75 Å². The van der Waals surface area contributed by atoms with Gasteiger partial charge >= 0.3 is 0 Å². The summed E-state index contributed by atoms with van der Waals surface area (Å²) in [6.45, 7) is 1.91. The van der Waals surface area contributed by atoms with E-state index in [2.05, 4.69) is 21.2 Å². The first-order chi connectivity index (χ1) is 11.1. The highest BCUT2D eigenvalue weighted by Crippen LogP contribution is 2.24. The van der Waals surface area contributed by atoms with E-state index in [0.29, 0.717) is 23.4 Å². The molecule has 1 amide bonds. The molecule has 0 saturated heterocycles. The maximum Gasteiger partial charge on any atom is 0.224 e. The van der Waals surface area contributed by atoms with Gasteiger partial charge in [0.25, 0.3) is 0 Å². The molecule has 0 unspecified atom stereocenters. The molecule has 0 spiro atoms. The Kier molecular flexibility index (Phi) is 6.35. The standard InChI is InChI=1S/C18H18BrNO3/c1-2-5-18(22)20-14-10-8-13(9-11-14)16(21)12-23-17-7-4-3-6-15(17)19/h3-4,6-11H,2,5,12H2,1H3,(H,20,22). The van der Waals surface area contributed by atoms with Crippen LogP contribution in [0.1, 0.15) is 30.1 Å². The molecule has 0 heterocycles. The average Bonchev–Trinajstić information content (AvgIpc) is 2.55. The van der Waals surface area contributed by atoms with Crippen molar-refractivity contribution in [3.8, 4) is 5.75 Å². The van der Waals surface area contributed by atoms with Crippen LogP contribution in [-0.2, 0) is 4.79 Å². The molecule has 2 rings (SSSR count). The second-order valence-electron chi connectivity index (χ2n) is 5.02. The third-order valence-electron chi connectivity index (χ3n) is 3.16. The van der Waals surface area contributed by atoms with Gasteiger partial charge in [-0.15, -0.1) is 0 Å². The molecule has 0 aliphatic carbocycles. The Morgan fingerprint density at radius 2 is 1.78 bits per heavy atom. The zero-order valence-electron chi connectivity index (χ0n) is 12.8. The van der Waals surface area contributed by atoms with E-state index in [0.717, 1.165) is 10.9 Å². The van der Waals surface area contributed by atoms with E-state index in [1.165, 1.54) is 0 Å². The molecule has 0 fully saturated rings. The van der Waals surface area contributed by atoms with Gasteiger partial charge in [-0.3, -0.25) is 9.59 Å². The molecule has 0 radical (unpaired) electrons. The first kappa shape index (κ1) is 17.2. The summed E-state index contributed by atoms with van der Waals surface area (Å²) in [7, 11) is 0. The molecule has 0 aromatic heterocycles. The normalized spacial score (nSPS) is 10.2. The number of halogens is 1. The SMILES string of the molecule is CCCC(=O)Nc1ccc(C(=O)COc2ccccc2Br)cc1. The van der Waals surface area contributed by atoms with Gasteiger partial charge in [0.05, 0.1) is 4.47 Å². The van der Waals surface area contributed by atoms with Crippen LogP contribution >= 0.6 is 15.9 Å². The quantitative estimate of drug-likeness (QED) is 0.727. The number of ether oxygens (including phenoxy) is 1. The van der Waals surface area contributed by atoms with Crippen LogP contribution in [0, 0.1) is 0 Å². The number of amides is 1. The van der Waals surface area contributed by atoms with E-state index >= 15 is 0 Å². The van der Waals surface area contributed by atoms with Crippen molar-refractivity contribution in [3.05, 3.63) is 58.6 Å². The predicted molar refractivity (Wildman–Crippen MR) is 93.9 cm³/mol. The molecule has 0 bridgehead atoms. The van der Waals surface area contributed by atoms with Gasteiger partial charge in [-0.2, -0.15) is 0 Å². The third-order valence-corrected chi connectivity index (χ3v) is 3.82. The molecule has 2 aromatic carbocycles. The van der Waals surface area contributed by atoms with Gasteiger partial charge in [-0.25, -0.2) is 0 Å². The predicted octanol–water partition coefficient (Wildman–Crippen LogP) is 4.45. The zero-order valence-corrected chi connectivity index (χ0v) is 14.4. The molecule has 1 N–H and O–H groups in total. The Labute approximate surface area is 144 Å². The average molecular weight is 376 g/mol. The van der Waals surface area contributed by atoms with Crippen molar-refractivity contribution < 1.29 is 14.3 Å². The highest BCUT2D eigenvalue weighted by Gasteiger charge is 2.09. The minimum atomic E-state index is -0.118. The van der Waals surface area contributed by atoms with Crippen molar-refractivity contribution in [2.45, 2.75) is 19.8 Å². The summed E-state index contributed by atoms with van der Waals surface area (Å²) in [6, 6.07) is 14.2. The van der Waals surface area contributed by atoms with E-state index in [1.807, 2.05) is 25.1 Å². The van der Waals surface area contributed by atoms with Crippen LogP contribution in [0.25, 0.3) is 0 Å². The summed E-state index contributed by atoms with van der Waals surface area (Å²) in [4.78, 5) is 23.7. The summed E-state index contributed by atoms with van der Waals surface area (Å²) < 4.78 is 6.32. The molecule has 5 heteroatoms. The van der Waals surface area contributed by atoms with E-state index in [4.69, 9.17) is 4.74 Å². The van der Waals surface area contributed by atoms with E-state index < -0.39 is 0 Å². The highest BCUT2D eigenvalue weighted by molar-refractivity contribution is 9.10. The second-order valence-corrected chi connectivity index (χ2v) is 5.87. The van der Waals surface area contributed by atoms with Gasteiger partial charge in [-0.05, 0) is 58.7 Å². The maximum atomic E-state index is 12.1. The number of rotatable bonds is 7. The van der Waals surface area contributed by atoms with Crippen LogP contribution in [0.5, 0.6) is 5.75 Å². The molecular weight excluding hydrogens is 358 g/mol. The van der Waals surface area contributed by atoms with Crippen molar-refractivity contribution in [1.29, 1.82) is 0 Å². The van der Waals surface area contributed by atoms with Crippen LogP contribution in [0.15, 0.2) is 53.0 Å². The summed E-state index contributed by atoms with van der Waals surface area (Å²) in [5.41, 5.74) is 1.23. The lowest BCUT2D eigenvalue weighted by atomic mass is 10.1. The zero-order chi connectivity index (χ0) is 16.7. The highest BCUT2D eigenvalue weighted by atomic mass is 79.9. The number of carbonyl (C=O) groups excluding carboxylic acids is 2. The van der Waals surface area contributed by atoms with Crippen molar-refractivity contribution >= 4 is 33.3 Å². The number of hydrogen-bond donors (Lipinski definition) is 1. The van der Waals surface area contributed by atoms with Gasteiger partial charge in [0.15, 0.2) is 12.4 Å². The van der Waals surface area contributed by atoms with Crippen molar-refractivity contribution in [2.24, 2.45) is 0 Å². The second kappa shape index (κ2) is 8.48. The van der Waals surface area contributed by atoms with Gasteiger partial charge in [0.2, 0.25) is 5.91 Å². The lowest BCUT2D eigenvalue weighted by Gasteiger charge is -2.08. The van der Waals surface area contributed by atoms with Crippen LogP contribution < -0.4 is 10.1 Å². The lowest BCUT2D eigenvalue weighted by Crippen LogP contribution is -2.13. The number of Topliss-reactive ketones (excluding diaryl/α,β-unsaturated/α-hetero) is 1. The molecule has 0 saturated carbocycles. The Hall–Kier alpha value is -2.14. The number of anilines is 1. The number of ketones is 1. The van der Waals surface area contributed by atoms with E-state index in [9.17, 15) is 9.59 Å². The summed E-state index contributed by atoms with van der Waals surface area (Å²) >= 11 is 3.37. The van der Waals surface area contributed by atoms with Gasteiger partial charge in [0, 0.05) is 17.7 Å². The van der Waals surface area contributed by atoms with Gasteiger partial charge < -0.3 is 10.1 Å². The topological polar surface area (TPSA) is 55.4 Å². The van der Waals surface area contributed by atoms with Crippen LogP contribution in [0.3, 0.4) is 0 Å². The summed E-state index contributed by atoms with van der Waals surface area (Å²) in [6.07, 6.45) is 1.29. The lowest BCUT2D eigenvalue weighted by molar-refractivity contribution is -0.116. The maximum absolute atomic E-state index is 12.1. The van der Waals surface area contributed by atoms with E-state index in [1.54, 1.807) is 30.3 Å². The Balaban J connectivity index is 1.92. The monoisotopic (exact) mass is 375 g/mol. The fourth-order valence-electron chi connectivity index (χ4n) is 1.98. The van der Waals surface area contributed by atoms with Gasteiger partial charge in [-0.1, -0.05) is 19.1 Å². The largest absolute Gasteiger partial charge is 0.484 e. The molecule has 0 aliphatic heterocycles. The van der Waals surface area contributed by atoms with Crippen molar-refractivity contribution in [3.63, 3.8) is 0 Å². The van der Waals surface area contributed by atoms with Crippen molar-refractivity contribution in [1.82, 2.24) is 0 Å². The summed E-state index contributed by atoms with van der Waals surface area (Å²) in [5.74, 6) is 0.486. The number of benzene rings is 2. The Morgan fingerprint density at radius 3 is 2.43 bits per heavy atom. The van der Waals surface area contributed by atoms with Crippen LogP contribution in [-0.4, -0.2) is 18.3 Å². The van der Waals surface area contributed by atoms with Crippen LogP contribution in [0.2, 0.25) is 0 Å². The van der Waals surface area contributed by atoms with E-state index in [-0.39, 0.29) is 18.3 Å². The number of para-hydroxylation sites is 1. The summed E-state index contributed by atoms with van der Waals surface area (Å²) in [5, 5.41) is 2.79. The third kappa shape index (κ3) is 5.21. The molecular formula is C18H18BrNO3. The van der Waals surface area contributed by atoms with Crippen LogP contribution in [0.4, 0.5) is 5.69 Å². The minimum absolute atomic E-state index is 0.0242. The van der Waals surface area contributed by atoms with Crippen molar-refractivity contribution in [2.75, 3.05) is 11.9 Å².